The molecule has 1 aliphatic rings. The Bertz CT molecular complexity index is 1160. The highest BCUT2D eigenvalue weighted by Gasteiger charge is 2.45. The Balaban J connectivity index is 1.75. The summed E-state index contributed by atoms with van der Waals surface area (Å²) in [7, 11) is 0. The number of ketones is 1. The van der Waals surface area contributed by atoms with Crippen molar-refractivity contribution in [2.45, 2.75) is 39.2 Å². The van der Waals surface area contributed by atoms with Gasteiger partial charge < -0.3 is 18.8 Å². The van der Waals surface area contributed by atoms with Gasteiger partial charge in [0.25, 0.3) is 5.91 Å². The molecule has 0 aliphatic carbocycles. The second kappa shape index (κ2) is 8.14. The molecule has 7 heteroatoms. The van der Waals surface area contributed by atoms with Crippen LogP contribution >= 0.6 is 15.9 Å². The van der Waals surface area contributed by atoms with Crippen LogP contribution in [0.4, 0.5) is 0 Å². The molecule has 0 bridgehead atoms. The van der Waals surface area contributed by atoms with Gasteiger partial charge >= 0.3 is 0 Å². The summed E-state index contributed by atoms with van der Waals surface area (Å²) in [5.74, 6) is -0.447. The van der Waals surface area contributed by atoms with Gasteiger partial charge in [-0.05, 0) is 49.7 Å². The van der Waals surface area contributed by atoms with E-state index < -0.39 is 23.5 Å². The average Bonchev–Trinajstić information content (AvgIpc) is 3.39. The standard InChI is InChI=1S/C23H22BrNO5/c1-3-4-5-10-25-20(17-8-6-13(2)29-17)19(22(27)23(25)28)21(26)18-12-14-11-15(24)7-9-16(14)30-18/h6-9,11-12,20,27H,3-5,10H2,1-2H3. The van der Waals surface area contributed by atoms with Crippen LogP contribution < -0.4 is 0 Å². The number of carbonyl (C=O) groups excluding carboxylic acids is 2. The molecule has 0 spiro atoms. The van der Waals surface area contributed by atoms with Crippen molar-refractivity contribution in [2.24, 2.45) is 0 Å². The van der Waals surface area contributed by atoms with E-state index in [1.165, 1.54) is 4.90 Å². The fraction of sp³-hybridized carbons (Fsp3) is 0.304. The van der Waals surface area contributed by atoms with E-state index in [4.69, 9.17) is 8.83 Å². The van der Waals surface area contributed by atoms with Crippen LogP contribution in [-0.4, -0.2) is 28.2 Å². The van der Waals surface area contributed by atoms with E-state index >= 15 is 0 Å². The Morgan fingerprint density at radius 2 is 1.97 bits per heavy atom. The number of nitrogens with zero attached hydrogens (tertiary/aromatic N) is 1. The van der Waals surface area contributed by atoms with Crippen molar-refractivity contribution in [1.82, 2.24) is 4.90 Å². The van der Waals surface area contributed by atoms with Gasteiger partial charge in [-0.2, -0.15) is 0 Å². The van der Waals surface area contributed by atoms with Crippen LogP contribution in [0, 0.1) is 6.92 Å². The van der Waals surface area contributed by atoms with E-state index in [-0.39, 0.29) is 11.3 Å². The second-order valence-corrected chi connectivity index (χ2v) is 8.36. The molecule has 1 aliphatic heterocycles. The number of benzene rings is 1. The number of carbonyl (C=O) groups is 2. The lowest BCUT2D eigenvalue weighted by Crippen LogP contribution is -2.31. The molecule has 3 heterocycles. The van der Waals surface area contributed by atoms with Crippen LogP contribution in [0.2, 0.25) is 0 Å². The SMILES string of the molecule is CCCCCN1C(=O)C(O)=C(C(=O)c2cc3cc(Br)ccc3o2)C1c1ccc(C)o1. The maximum Gasteiger partial charge on any atom is 0.290 e. The maximum absolute atomic E-state index is 13.4. The molecule has 1 N–H and O–H groups in total. The number of halogens is 1. The monoisotopic (exact) mass is 471 g/mol. The van der Waals surface area contributed by atoms with E-state index in [2.05, 4.69) is 22.9 Å². The molecule has 0 saturated heterocycles. The summed E-state index contributed by atoms with van der Waals surface area (Å²) in [5.41, 5.74) is 0.542. The van der Waals surface area contributed by atoms with Crippen molar-refractivity contribution < 1.29 is 23.5 Å². The van der Waals surface area contributed by atoms with Crippen molar-refractivity contribution in [3.8, 4) is 0 Å². The van der Waals surface area contributed by atoms with Gasteiger partial charge in [0.1, 0.15) is 23.1 Å². The van der Waals surface area contributed by atoms with Crippen LogP contribution in [0.3, 0.4) is 0 Å². The number of amides is 1. The molecule has 30 heavy (non-hydrogen) atoms. The Morgan fingerprint density at radius 3 is 2.67 bits per heavy atom. The zero-order valence-corrected chi connectivity index (χ0v) is 18.4. The van der Waals surface area contributed by atoms with Crippen LogP contribution in [0.15, 0.2) is 61.0 Å². The van der Waals surface area contributed by atoms with Gasteiger partial charge in [0, 0.05) is 16.4 Å². The van der Waals surface area contributed by atoms with Gasteiger partial charge in [-0.3, -0.25) is 9.59 Å². The van der Waals surface area contributed by atoms with E-state index in [1.807, 2.05) is 12.1 Å². The minimum absolute atomic E-state index is 0.0102. The van der Waals surface area contributed by atoms with Crippen molar-refractivity contribution in [3.63, 3.8) is 0 Å². The zero-order chi connectivity index (χ0) is 21.4. The largest absolute Gasteiger partial charge is 0.503 e. The minimum Gasteiger partial charge on any atom is -0.503 e. The molecule has 4 rings (SSSR count). The fourth-order valence-electron chi connectivity index (χ4n) is 3.80. The summed E-state index contributed by atoms with van der Waals surface area (Å²) in [4.78, 5) is 27.7. The molecule has 2 aromatic heterocycles. The predicted molar refractivity (Wildman–Crippen MR) is 115 cm³/mol. The summed E-state index contributed by atoms with van der Waals surface area (Å²) in [5, 5.41) is 11.4. The predicted octanol–water partition coefficient (Wildman–Crippen LogP) is 5.87. The minimum atomic E-state index is -0.782. The lowest BCUT2D eigenvalue weighted by Gasteiger charge is -2.24. The quantitative estimate of drug-likeness (QED) is 0.344. The van der Waals surface area contributed by atoms with Crippen molar-refractivity contribution in [3.05, 3.63) is 69.5 Å². The smallest absolute Gasteiger partial charge is 0.290 e. The van der Waals surface area contributed by atoms with Crippen molar-refractivity contribution >= 4 is 38.6 Å². The lowest BCUT2D eigenvalue weighted by molar-refractivity contribution is -0.129. The number of rotatable bonds is 7. The number of furan rings is 2. The van der Waals surface area contributed by atoms with Crippen LogP contribution in [-0.2, 0) is 4.79 Å². The number of aryl methyl sites for hydroxylation is 1. The first-order valence-corrected chi connectivity index (χ1v) is 10.7. The number of unbranched alkanes of at least 4 members (excludes halogenated alkanes) is 2. The van der Waals surface area contributed by atoms with Gasteiger partial charge in [-0.15, -0.1) is 0 Å². The molecular weight excluding hydrogens is 450 g/mol. The number of Topliss-reactive ketones (excluding diaryl/α,β-unsaturated/α-hetero) is 1. The summed E-state index contributed by atoms with van der Waals surface area (Å²) in [6.45, 7) is 4.29. The first-order valence-electron chi connectivity index (χ1n) is 9.95. The van der Waals surface area contributed by atoms with E-state index in [9.17, 15) is 14.7 Å². The van der Waals surface area contributed by atoms with Crippen molar-refractivity contribution in [2.75, 3.05) is 6.54 Å². The number of hydrogen-bond acceptors (Lipinski definition) is 5. The first kappa shape index (κ1) is 20.5. The molecule has 3 aromatic rings. The Labute approximate surface area is 182 Å². The Morgan fingerprint density at radius 1 is 1.17 bits per heavy atom. The number of aliphatic hydroxyl groups is 1. The summed E-state index contributed by atoms with van der Waals surface area (Å²) >= 11 is 3.40. The highest BCUT2D eigenvalue weighted by Crippen LogP contribution is 2.40. The Hall–Kier alpha value is -2.80. The molecule has 1 amide bonds. The van der Waals surface area contributed by atoms with Gasteiger partial charge in [-0.25, -0.2) is 0 Å². The molecule has 0 saturated carbocycles. The highest BCUT2D eigenvalue weighted by molar-refractivity contribution is 9.10. The van der Waals surface area contributed by atoms with Crippen molar-refractivity contribution in [1.29, 1.82) is 0 Å². The second-order valence-electron chi connectivity index (χ2n) is 7.44. The van der Waals surface area contributed by atoms with Gasteiger partial charge in [0.15, 0.2) is 11.5 Å². The summed E-state index contributed by atoms with van der Waals surface area (Å²) < 4.78 is 12.4. The Kier molecular flexibility index (Phi) is 5.56. The maximum atomic E-state index is 13.4. The summed E-state index contributed by atoms with van der Waals surface area (Å²) in [6.07, 6.45) is 2.70. The molecule has 6 nitrogen and oxygen atoms in total. The third-order valence-corrected chi connectivity index (χ3v) is 5.78. The van der Waals surface area contributed by atoms with E-state index in [0.29, 0.717) is 23.6 Å². The first-order chi connectivity index (χ1) is 14.4. The fourth-order valence-corrected chi connectivity index (χ4v) is 4.18. The molecule has 156 valence electrons. The topological polar surface area (TPSA) is 83.9 Å². The molecule has 1 aromatic carbocycles. The summed E-state index contributed by atoms with van der Waals surface area (Å²) in [6, 6.07) is 9.78. The lowest BCUT2D eigenvalue weighted by atomic mass is 9.99. The molecule has 0 radical (unpaired) electrons. The molecular formula is C23H22BrNO5. The highest BCUT2D eigenvalue weighted by atomic mass is 79.9. The van der Waals surface area contributed by atoms with E-state index in [1.54, 1.807) is 31.2 Å². The normalized spacial score (nSPS) is 16.8. The van der Waals surface area contributed by atoms with Gasteiger partial charge in [0.05, 0.1) is 5.57 Å². The van der Waals surface area contributed by atoms with Gasteiger partial charge in [-0.1, -0.05) is 35.7 Å². The number of fused-ring (bicyclic) bond motifs is 1. The molecule has 1 unspecified atom stereocenters. The molecule has 0 fully saturated rings. The van der Waals surface area contributed by atoms with E-state index in [0.717, 1.165) is 29.1 Å². The zero-order valence-electron chi connectivity index (χ0n) is 16.8. The van der Waals surface area contributed by atoms with Crippen LogP contribution in [0.25, 0.3) is 11.0 Å². The number of hydrogen-bond donors (Lipinski definition) is 1. The number of aliphatic hydroxyl groups excluding tert-OH is 1. The molecule has 1 atom stereocenters. The average molecular weight is 472 g/mol. The van der Waals surface area contributed by atoms with Gasteiger partial charge in [0.2, 0.25) is 5.78 Å². The third-order valence-electron chi connectivity index (χ3n) is 5.28. The third kappa shape index (κ3) is 3.58. The van der Waals surface area contributed by atoms with Crippen LogP contribution in [0.1, 0.15) is 54.3 Å². The van der Waals surface area contributed by atoms with Crippen LogP contribution in [0.5, 0.6) is 0 Å².